The highest BCUT2D eigenvalue weighted by molar-refractivity contribution is 5.87. The number of piperidine rings is 1. The summed E-state index contributed by atoms with van der Waals surface area (Å²) in [5, 5.41) is 6.40. The molecule has 0 saturated carbocycles. The molecule has 226 valence electrons. The van der Waals surface area contributed by atoms with Gasteiger partial charge < -0.3 is 25.3 Å². The van der Waals surface area contributed by atoms with E-state index in [9.17, 15) is 9.59 Å². The lowest BCUT2D eigenvalue weighted by Crippen LogP contribution is -2.52. The molecule has 1 aromatic heterocycles. The van der Waals surface area contributed by atoms with Crippen molar-refractivity contribution in [3.8, 4) is 0 Å². The Hall–Kier alpha value is -3.50. The van der Waals surface area contributed by atoms with Crippen LogP contribution in [0.1, 0.15) is 55.2 Å². The van der Waals surface area contributed by atoms with E-state index in [1.165, 1.54) is 50.8 Å². The number of aldehydes is 1. The minimum Gasteiger partial charge on any atom is -0.371 e. The molecule has 0 bridgehead atoms. The molecule has 5 rings (SSSR count). The third-order valence-corrected chi connectivity index (χ3v) is 8.99. The van der Waals surface area contributed by atoms with Gasteiger partial charge in [0.1, 0.15) is 5.69 Å². The Labute approximate surface area is 250 Å². The molecule has 1 atom stereocenters. The van der Waals surface area contributed by atoms with Gasteiger partial charge in [0.15, 0.2) is 17.9 Å². The summed E-state index contributed by atoms with van der Waals surface area (Å²) in [5.74, 6) is 1.14. The van der Waals surface area contributed by atoms with Crippen molar-refractivity contribution in [3.63, 3.8) is 0 Å². The number of nitrogens with one attached hydrogen (secondary N) is 2. The number of likely N-dealkylation sites (N-methyl/N-ethyl adjacent to an activating group) is 1. The van der Waals surface area contributed by atoms with Crippen LogP contribution in [0, 0.1) is 0 Å². The summed E-state index contributed by atoms with van der Waals surface area (Å²) in [6, 6.07) is 9.23. The number of carbonyl (C=O) groups excluding carboxylic acids is 2. The van der Waals surface area contributed by atoms with Gasteiger partial charge in [-0.05, 0) is 75.9 Å². The molecule has 2 N–H and O–H groups in total. The summed E-state index contributed by atoms with van der Waals surface area (Å²) in [4.78, 5) is 43.3. The molecule has 1 unspecified atom stereocenters. The van der Waals surface area contributed by atoms with E-state index in [4.69, 9.17) is 9.97 Å². The smallest absolute Gasteiger partial charge is 0.243 e. The average Bonchev–Trinajstić information content (AvgIpc) is 3.27. The zero-order chi connectivity index (χ0) is 29.5. The molecule has 1 aromatic carbocycles. The van der Waals surface area contributed by atoms with Crippen molar-refractivity contribution in [3.05, 3.63) is 48.3 Å². The molecule has 42 heavy (non-hydrogen) atoms. The van der Waals surface area contributed by atoms with Crippen molar-refractivity contribution in [2.24, 2.45) is 0 Å². The van der Waals surface area contributed by atoms with Gasteiger partial charge in [-0.1, -0.05) is 13.5 Å². The molecule has 3 aliphatic rings. The summed E-state index contributed by atoms with van der Waals surface area (Å²) in [6.45, 7) is 14.0. The molecule has 3 saturated heterocycles. The molecule has 10 heteroatoms. The van der Waals surface area contributed by atoms with Gasteiger partial charge in [0.2, 0.25) is 5.91 Å². The molecule has 1 amide bonds. The van der Waals surface area contributed by atoms with Crippen LogP contribution in [0.3, 0.4) is 0 Å². The molecule has 10 nitrogen and oxygen atoms in total. The molecule has 2 aromatic rings. The lowest BCUT2D eigenvalue weighted by Gasteiger charge is -2.42. The fourth-order valence-electron chi connectivity index (χ4n) is 6.42. The Balaban J connectivity index is 1.23. The maximum atomic E-state index is 12.0. The van der Waals surface area contributed by atoms with Crippen LogP contribution in [0.4, 0.5) is 23.0 Å². The van der Waals surface area contributed by atoms with Crippen molar-refractivity contribution in [2.45, 2.75) is 57.5 Å². The molecule has 4 heterocycles. The van der Waals surface area contributed by atoms with Crippen LogP contribution in [-0.4, -0.2) is 103 Å². The van der Waals surface area contributed by atoms with Gasteiger partial charge >= 0.3 is 0 Å². The first-order chi connectivity index (χ1) is 20.5. The van der Waals surface area contributed by atoms with E-state index in [0.717, 1.165) is 68.9 Å². The Kier molecular flexibility index (Phi) is 10.1. The first-order valence-corrected chi connectivity index (χ1v) is 15.6. The summed E-state index contributed by atoms with van der Waals surface area (Å²) in [7, 11) is 2.21. The molecule has 0 spiro atoms. The molecule has 0 aliphatic carbocycles. The van der Waals surface area contributed by atoms with Gasteiger partial charge in [0.25, 0.3) is 0 Å². The number of hydrogen-bond donors (Lipinski definition) is 2. The van der Waals surface area contributed by atoms with Gasteiger partial charge in [-0.15, -0.1) is 0 Å². The van der Waals surface area contributed by atoms with E-state index < -0.39 is 0 Å². The lowest BCUT2D eigenvalue weighted by atomic mass is 10.0. The Bertz CT molecular complexity index is 1220. The number of nitrogens with zero attached hydrogens (tertiary/aromatic N) is 6. The Morgan fingerprint density at radius 1 is 0.952 bits per heavy atom. The van der Waals surface area contributed by atoms with Crippen LogP contribution in [0.2, 0.25) is 0 Å². The maximum Gasteiger partial charge on any atom is 0.243 e. The standard InChI is InChI=1S/C32H46N8O2/c1-4-28-32(40-15-6-7-24(12-16-40)33-30(42)5-2)36-31(29(23-41)35-28)34-25-8-10-26(11-9-25)38-17-13-27(14-18-38)39-21-19-37(3)20-22-39/h5,8-11,23-24,27H,2,4,6-7,12-22H2,1,3H3,(H,33,42)(H,34,36). The minimum absolute atomic E-state index is 0.112. The molecular weight excluding hydrogens is 528 g/mol. The molecule has 3 fully saturated rings. The second-order valence-corrected chi connectivity index (χ2v) is 11.8. The van der Waals surface area contributed by atoms with Crippen molar-refractivity contribution in [2.75, 3.05) is 74.5 Å². The van der Waals surface area contributed by atoms with Crippen molar-refractivity contribution >= 4 is 35.2 Å². The van der Waals surface area contributed by atoms with E-state index in [1.54, 1.807) is 0 Å². The first kappa shape index (κ1) is 30.0. The number of anilines is 4. The second-order valence-electron chi connectivity index (χ2n) is 11.8. The van der Waals surface area contributed by atoms with E-state index >= 15 is 0 Å². The normalized spacial score (nSPS) is 21.0. The fourth-order valence-corrected chi connectivity index (χ4v) is 6.42. The zero-order valence-corrected chi connectivity index (χ0v) is 25.2. The van der Waals surface area contributed by atoms with Crippen LogP contribution in [0.25, 0.3) is 0 Å². The summed E-state index contributed by atoms with van der Waals surface area (Å²) in [5.41, 5.74) is 3.23. The highest BCUT2D eigenvalue weighted by Crippen LogP contribution is 2.29. The number of hydrogen-bond acceptors (Lipinski definition) is 9. The largest absolute Gasteiger partial charge is 0.371 e. The van der Waals surface area contributed by atoms with Gasteiger partial charge in [-0.2, -0.15) is 0 Å². The van der Waals surface area contributed by atoms with Crippen LogP contribution < -0.4 is 20.4 Å². The van der Waals surface area contributed by atoms with Gasteiger partial charge in [-0.25, -0.2) is 9.97 Å². The lowest BCUT2D eigenvalue weighted by molar-refractivity contribution is -0.117. The van der Waals surface area contributed by atoms with Crippen molar-refractivity contribution in [1.82, 2.24) is 25.1 Å². The van der Waals surface area contributed by atoms with Gasteiger partial charge in [-0.3, -0.25) is 14.5 Å². The SMILES string of the molecule is C=CC(=O)NC1CCCN(c2nc(Nc3ccc(N4CCC(N5CCN(C)CC5)CC4)cc3)c(C=O)nc2CC)CC1. The molecule has 0 radical (unpaired) electrons. The monoisotopic (exact) mass is 574 g/mol. The average molecular weight is 575 g/mol. The minimum atomic E-state index is -0.134. The quantitative estimate of drug-likeness (QED) is 0.345. The number of rotatable bonds is 9. The van der Waals surface area contributed by atoms with Gasteiger partial charge in [0, 0.05) is 75.8 Å². The predicted octanol–water partition coefficient (Wildman–Crippen LogP) is 3.47. The number of amides is 1. The fraction of sp³-hybridized carbons (Fsp3) is 0.562. The number of piperazine rings is 1. The number of aryl methyl sites for hydroxylation is 1. The van der Waals surface area contributed by atoms with E-state index in [2.05, 4.69) is 68.1 Å². The third kappa shape index (κ3) is 7.28. The molecular formula is C32H46N8O2. The third-order valence-electron chi connectivity index (χ3n) is 8.99. The molecule has 3 aliphatic heterocycles. The van der Waals surface area contributed by atoms with E-state index in [1.807, 2.05) is 6.92 Å². The van der Waals surface area contributed by atoms with Crippen molar-refractivity contribution in [1.29, 1.82) is 0 Å². The second kappa shape index (κ2) is 14.1. The zero-order valence-electron chi connectivity index (χ0n) is 25.2. The van der Waals surface area contributed by atoms with Crippen molar-refractivity contribution < 1.29 is 9.59 Å². The van der Waals surface area contributed by atoms with Crippen LogP contribution in [0.15, 0.2) is 36.9 Å². The van der Waals surface area contributed by atoms with Crippen LogP contribution in [0.5, 0.6) is 0 Å². The number of benzene rings is 1. The summed E-state index contributed by atoms with van der Waals surface area (Å²) < 4.78 is 0. The first-order valence-electron chi connectivity index (χ1n) is 15.6. The van der Waals surface area contributed by atoms with Gasteiger partial charge in [0.05, 0.1) is 5.69 Å². The van der Waals surface area contributed by atoms with E-state index in [0.29, 0.717) is 24.0 Å². The predicted molar refractivity (Wildman–Crippen MR) is 169 cm³/mol. The highest BCUT2D eigenvalue weighted by atomic mass is 16.1. The number of aromatic nitrogens is 2. The Morgan fingerprint density at radius 3 is 2.33 bits per heavy atom. The maximum absolute atomic E-state index is 12.0. The van der Waals surface area contributed by atoms with Crippen LogP contribution in [-0.2, 0) is 11.2 Å². The summed E-state index contributed by atoms with van der Waals surface area (Å²) in [6.07, 6.45) is 7.83. The van der Waals surface area contributed by atoms with E-state index in [-0.39, 0.29) is 11.9 Å². The Morgan fingerprint density at radius 2 is 1.67 bits per heavy atom. The summed E-state index contributed by atoms with van der Waals surface area (Å²) >= 11 is 0. The topological polar surface area (TPSA) is 96.9 Å². The highest BCUT2D eigenvalue weighted by Gasteiger charge is 2.27. The van der Waals surface area contributed by atoms with Crippen LogP contribution >= 0.6 is 0 Å². The number of carbonyl (C=O) groups is 2.